The molecular weight excluding hydrogens is 232 g/mol. The Hall–Kier alpha value is -0.980. The molecule has 1 aliphatic heterocycles. The van der Waals surface area contributed by atoms with Crippen molar-refractivity contribution in [3.63, 3.8) is 0 Å². The second-order valence-electron chi connectivity index (χ2n) is 5.11. The molecule has 0 spiro atoms. The Bertz CT molecular complexity index is 380. The Kier molecular flexibility index (Phi) is 4.31. The highest BCUT2D eigenvalue weighted by molar-refractivity contribution is 4.92. The highest BCUT2D eigenvalue weighted by atomic mass is 16.5. The first kappa shape index (κ1) is 13.5. The minimum Gasteiger partial charge on any atom is -0.374 e. The molecule has 1 saturated heterocycles. The maximum atomic E-state index is 5.76. The highest BCUT2D eigenvalue weighted by Gasteiger charge is 2.27. The van der Waals surface area contributed by atoms with E-state index in [1.807, 2.05) is 6.92 Å². The summed E-state index contributed by atoms with van der Waals surface area (Å²) >= 11 is 0. The first-order valence-corrected chi connectivity index (χ1v) is 6.37. The molecule has 0 N–H and O–H groups in total. The number of aryl methyl sites for hydroxylation is 1. The number of aromatic nitrogens is 2. The Morgan fingerprint density at radius 2 is 2.28 bits per heavy atom. The lowest BCUT2D eigenvalue weighted by Crippen LogP contribution is -2.47. The summed E-state index contributed by atoms with van der Waals surface area (Å²) in [6.07, 6.45) is 0.250. The summed E-state index contributed by atoms with van der Waals surface area (Å²) < 4.78 is 11.0. The average molecular weight is 254 g/mol. The fourth-order valence-electron chi connectivity index (χ4n) is 2.25. The van der Waals surface area contributed by atoms with Gasteiger partial charge in [-0.3, -0.25) is 4.90 Å². The number of hydrogen-bond acceptors (Lipinski definition) is 6. The Morgan fingerprint density at radius 3 is 2.89 bits per heavy atom. The van der Waals surface area contributed by atoms with Gasteiger partial charge in [0.2, 0.25) is 5.89 Å². The first-order chi connectivity index (χ1) is 8.56. The van der Waals surface area contributed by atoms with Crippen molar-refractivity contribution in [1.82, 2.24) is 19.9 Å². The zero-order chi connectivity index (χ0) is 13.1. The van der Waals surface area contributed by atoms with Crippen LogP contribution in [-0.4, -0.2) is 66.4 Å². The molecule has 102 valence electrons. The summed E-state index contributed by atoms with van der Waals surface area (Å²) in [6.45, 7) is 7.45. The van der Waals surface area contributed by atoms with E-state index in [0.29, 0.717) is 11.7 Å². The molecule has 0 bridgehead atoms. The first-order valence-electron chi connectivity index (χ1n) is 6.37. The van der Waals surface area contributed by atoms with Crippen LogP contribution in [0.4, 0.5) is 0 Å². The maximum Gasteiger partial charge on any atom is 0.243 e. The second kappa shape index (κ2) is 5.77. The molecule has 0 aliphatic carbocycles. The van der Waals surface area contributed by atoms with Gasteiger partial charge < -0.3 is 14.2 Å². The largest absolute Gasteiger partial charge is 0.374 e. The third-order valence-electron chi connectivity index (χ3n) is 3.19. The zero-order valence-electron chi connectivity index (χ0n) is 11.6. The number of likely N-dealkylation sites (N-methyl/N-ethyl adjacent to an activating group) is 1. The third-order valence-corrected chi connectivity index (χ3v) is 3.19. The van der Waals surface area contributed by atoms with Crippen molar-refractivity contribution in [3.05, 3.63) is 11.7 Å². The molecule has 2 rings (SSSR count). The minimum absolute atomic E-state index is 0.153. The van der Waals surface area contributed by atoms with E-state index in [1.165, 1.54) is 0 Å². The van der Waals surface area contributed by atoms with Crippen LogP contribution in [0.1, 0.15) is 24.7 Å². The van der Waals surface area contributed by atoms with Crippen LogP contribution < -0.4 is 0 Å². The van der Waals surface area contributed by atoms with Gasteiger partial charge in [0.15, 0.2) is 5.82 Å². The van der Waals surface area contributed by atoms with Crippen LogP contribution in [0.25, 0.3) is 0 Å². The molecule has 1 aliphatic rings. The number of morpholine rings is 1. The molecule has 1 aromatic heterocycles. The van der Waals surface area contributed by atoms with Crippen LogP contribution in [0, 0.1) is 6.92 Å². The monoisotopic (exact) mass is 254 g/mol. The van der Waals surface area contributed by atoms with Gasteiger partial charge in [-0.2, -0.15) is 4.98 Å². The van der Waals surface area contributed by atoms with Crippen LogP contribution in [0.5, 0.6) is 0 Å². The SMILES string of the molecule is Cc1noc(C(C)N2CCOC(CN(C)C)C2)n1. The number of rotatable bonds is 4. The maximum absolute atomic E-state index is 5.76. The predicted octanol–water partition coefficient (Wildman–Crippen LogP) is 0.701. The molecule has 1 fully saturated rings. The third kappa shape index (κ3) is 3.28. The fourth-order valence-corrected chi connectivity index (χ4v) is 2.25. The van der Waals surface area contributed by atoms with Crippen LogP contribution in [-0.2, 0) is 4.74 Å². The Morgan fingerprint density at radius 1 is 1.50 bits per heavy atom. The van der Waals surface area contributed by atoms with Crippen molar-refractivity contribution in [3.8, 4) is 0 Å². The molecular formula is C12H22N4O2. The van der Waals surface area contributed by atoms with Gasteiger partial charge in [0.25, 0.3) is 0 Å². The zero-order valence-corrected chi connectivity index (χ0v) is 11.6. The van der Waals surface area contributed by atoms with E-state index in [1.54, 1.807) is 0 Å². The van der Waals surface area contributed by atoms with E-state index < -0.39 is 0 Å². The average Bonchev–Trinajstić information content (AvgIpc) is 2.74. The van der Waals surface area contributed by atoms with Gasteiger partial charge in [-0.05, 0) is 27.9 Å². The van der Waals surface area contributed by atoms with E-state index >= 15 is 0 Å². The van der Waals surface area contributed by atoms with Gasteiger partial charge in [0.1, 0.15) is 0 Å². The Labute approximate surface area is 108 Å². The van der Waals surface area contributed by atoms with Crippen molar-refractivity contribution in [2.24, 2.45) is 0 Å². The number of ether oxygens (including phenoxy) is 1. The molecule has 2 atom stereocenters. The van der Waals surface area contributed by atoms with E-state index in [9.17, 15) is 0 Å². The lowest BCUT2D eigenvalue weighted by atomic mass is 10.2. The summed E-state index contributed by atoms with van der Waals surface area (Å²) in [5.41, 5.74) is 0. The molecule has 6 nitrogen and oxygen atoms in total. The standard InChI is InChI=1S/C12H22N4O2/c1-9(12-13-10(2)14-18-12)16-5-6-17-11(8-16)7-15(3)4/h9,11H,5-8H2,1-4H3. The lowest BCUT2D eigenvalue weighted by Gasteiger charge is -2.36. The van der Waals surface area contributed by atoms with Crippen LogP contribution in [0.2, 0.25) is 0 Å². The number of nitrogens with zero attached hydrogens (tertiary/aromatic N) is 4. The summed E-state index contributed by atoms with van der Waals surface area (Å²) in [4.78, 5) is 8.79. The summed E-state index contributed by atoms with van der Waals surface area (Å²) in [7, 11) is 4.13. The molecule has 2 heterocycles. The summed E-state index contributed by atoms with van der Waals surface area (Å²) in [5.74, 6) is 1.38. The molecule has 0 amide bonds. The van der Waals surface area contributed by atoms with Crippen molar-refractivity contribution in [2.45, 2.75) is 26.0 Å². The molecule has 18 heavy (non-hydrogen) atoms. The van der Waals surface area contributed by atoms with Crippen molar-refractivity contribution in [2.75, 3.05) is 40.3 Å². The van der Waals surface area contributed by atoms with Gasteiger partial charge in [-0.1, -0.05) is 5.16 Å². The topological polar surface area (TPSA) is 54.6 Å². The molecule has 0 aromatic carbocycles. The predicted molar refractivity (Wildman–Crippen MR) is 67.3 cm³/mol. The highest BCUT2D eigenvalue weighted by Crippen LogP contribution is 2.21. The van der Waals surface area contributed by atoms with Crippen LogP contribution in [0.15, 0.2) is 4.52 Å². The second-order valence-corrected chi connectivity index (χ2v) is 5.11. The smallest absolute Gasteiger partial charge is 0.243 e. The van der Waals surface area contributed by atoms with Gasteiger partial charge in [-0.25, -0.2) is 0 Å². The van der Waals surface area contributed by atoms with Crippen molar-refractivity contribution in [1.29, 1.82) is 0 Å². The summed E-state index contributed by atoms with van der Waals surface area (Å²) in [6, 6.07) is 0.153. The summed E-state index contributed by atoms with van der Waals surface area (Å²) in [5, 5.41) is 3.85. The van der Waals surface area contributed by atoms with Crippen LogP contribution in [0.3, 0.4) is 0 Å². The van der Waals surface area contributed by atoms with Crippen molar-refractivity contribution < 1.29 is 9.26 Å². The van der Waals surface area contributed by atoms with E-state index in [4.69, 9.17) is 9.26 Å². The lowest BCUT2D eigenvalue weighted by molar-refractivity contribution is -0.0533. The van der Waals surface area contributed by atoms with Crippen LogP contribution >= 0.6 is 0 Å². The van der Waals surface area contributed by atoms with E-state index in [0.717, 1.165) is 26.2 Å². The molecule has 0 radical (unpaired) electrons. The van der Waals surface area contributed by atoms with Gasteiger partial charge in [0, 0.05) is 19.6 Å². The quantitative estimate of drug-likeness (QED) is 0.788. The van der Waals surface area contributed by atoms with E-state index in [2.05, 4.69) is 41.0 Å². The van der Waals surface area contributed by atoms with Gasteiger partial charge in [0.05, 0.1) is 18.8 Å². The molecule has 1 aromatic rings. The normalized spacial score (nSPS) is 23.5. The van der Waals surface area contributed by atoms with Gasteiger partial charge in [-0.15, -0.1) is 0 Å². The Balaban J connectivity index is 1.95. The fraction of sp³-hybridized carbons (Fsp3) is 0.833. The number of hydrogen-bond donors (Lipinski definition) is 0. The minimum atomic E-state index is 0.153. The molecule has 0 saturated carbocycles. The van der Waals surface area contributed by atoms with E-state index in [-0.39, 0.29) is 12.1 Å². The molecule has 6 heteroatoms. The van der Waals surface area contributed by atoms with Gasteiger partial charge >= 0.3 is 0 Å². The van der Waals surface area contributed by atoms with Crippen molar-refractivity contribution >= 4 is 0 Å². The molecule has 2 unspecified atom stereocenters.